The van der Waals surface area contributed by atoms with E-state index in [0.717, 1.165) is 12.1 Å². The highest BCUT2D eigenvalue weighted by atomic mass is 35.5. The number of halogens is 4. The average molecular weight is 304 g/mol. The molecule has 0 aliphatic heterocycles. The van der Waals surface area contributed by atoms with E-state index in [2.05, 4.69) is 10.3 Å². The number of benzene rings is 1. The van der Waals surface area contributed by atoms with E-state index in [1.165, 1.54) is 0 Å². The summed E-state index contributed by atoms with van der Waals surface area (Å²) in [5.74, 6) is -3.73. The molecule has 0 aliphatic carbocycles. The largest absolute Gasteiger partial charge is 0.335 e. The van der Waals surface area contributed by atoms with E-state index in [9.17, 15) is 23.3 Å². The minimum atomic E-state index is -1.20. The molecule has 0 fully saturated rings. The summed E-state index contributed by atoms with van der Waals surface area (Å²) in [6.45, 7) is 0. The van der Waals surface area contributed by atoms with E-state index in [0.29, 0.717) is 12.1 Å². The average Bonchev–Trinajstić information content (AvgIpc) is 2.33. The fourth-order valence-electron chi connectivity index (χ4n) is 1.44. The van der Waals surface area contributed by atoms with E-state index < -0.39 is 33.7 Å². The van der Waals surface area contributed by atoms with Crippen LogP contribution in [0.2, 0.25) is 5.15 Å². The van der Waals surface area contributed by atoms with Crippen molar-refractivity contribution in [3.05, 3.63) is 57.0 Å². The Morgan fingerprint density at radius 3 is 2.30 bits per heavy atom. The van der Waals surface area contributed by atoms with Crippen molar-refractivity contribution in [1.82, 2.24) is 4.98 Å². The Hall–Kier alpha value is -2.35. The molecule has 0 bridgehead atoms. The molecule has 2 aromatic rings. The van der Waals surface area contributed by atoms with Crippen molar-refractivity contribution in [2.45, 2.75) is 0 Å². The Morgan fingerprint density at radius 1 is 1.15 bits per heavy atom. The highest BCUT2D eigenvalue weighted by molar-refractivity contribution is 6.29. The maximum Gasteiger partial charge on any atom is 0.276 e. The topological polar surface area (TPSA) is 68.1 Å². The number of nitrogens with zero attached hydrogens (tertiary/aromatic N) is 2. The third kappa shape index (κ3) is 2.97. The maximum atomic E-state index is 13.4. The van der Waals surface area contributed by atoms with Crippen molar-refractivity contribution < 1.29 is 18.1 Å². The van der Waals surface area contributed by atoms with Crippen molar-refractivity contribution in [2.24, 2.45) is 0 Å². The molecule has 2 rings (SSSR count). The predicted octanol–water partition coefficient (Wildman–Crippen LogP) is 3.80. The van der Waals surface area contributed by atoms with Gasteiger partial charge in [-0.3, -0.25) is 10.1 Å². The van der Waals surface area contributed by atoms with Crippen LogP contribution in [0.1, 0.15) is 0 Å². The van der Waals surface area contributed by atoms with Crippen LogP contribution >= 0.6 is 11.6 Å². The summed E-state index contributed by atoms with van der Waals surface area (Å²) >= 11 is 5.56. The molecule has 0 saturated heterocycles. The van der Waals surface area contributed by atoms with Gasteiger partial charge in [-0.1, -0.05) is 11.6 Å². The van der Waals surface area contributed by atoms with E-state index in [-0.39, 0.29) is 11.0 Å². The quantitative estimate of drug-likeness (QED) is 0.532. The van der Waals surface area contributed by atoms with Crippen molar-refractivity contribution in [1.29, 1.82) is 0 Å². The van der Waals surface area contributed by atoms with Crippen LogP contribution in [0.5, 0.6) is 0 Å². The minimum Gasteiger partial charge on any atom is -0.335 e. The smallest absolute Gasteiger partial charge is 0.276 e. The molecule has 0 saturated carbocycles. The van der Waals surface area contributed by atoms with Crippen LogP contribution in [0.15, 0.2) is 24.3 Å². The Balaban J connectivity index is 2.42. The molecule has 1 aromatic heterocycles. The molecule has 1 aromatic carbocycles. The summed E-state index contributed by atoms with van der Waals surface area (Å²) in [7, 11) is 0. The molecule has 0 aliphatic rings. The molecule has 0 atom stereocenters. The van der Waals surface area contributed by atoms with Gasteiger partial charge in [0.2, 0.25) is 0 Å². The fourth-order valence-corrected chi connectivity index (χ4v) is 1.65. The van der Waals surface area contributed by atoms with Gasteiger partial charge >= 0.3 is 0 Å². The molecule has 1 N–H and O–H groups in total. The van der Waals surface area contributed by atoms with Crippen LogP contribution in [0, 0.1) is 27.6 Å². The number of rotatable bonds is 3. The van der Waals surface area contributed by atoms with E-state index in [1.54, 1.807) is 0 Å². The van der Waals surface area contributed by atoms with Gasteiger partial charge in [0.25, 0.3) is 5.69 Å². The third-order valence-corrected chi connectivity index (χ3v) is 2.44. The first-order chi connectivity index (χ1) is 9.36. The van der Waals surface area contributed by atoms with Gasteiger partial charge < -0.3 is 5.32 Å². The summed E-state index contributed by atoms with van der Waals surface area (Å²) in [5, 5.41) is 12.6. The number of aromatic nitrogens is 1. The number of hydrogen-bond donors (Lipinski definition) is 1. The van der Waals surface area contributed by atoms with Gasteiger partial charge in [-0.25, -0.2) is 18.2 Å². The zero-order valence-electron chi connectivity index (χ0n) is 9.53. The molecule has 0 spiro atoms. The van der Waals surface area contributed by atoms with Crippen LogP contribution < -0.4 is 5.32 Å². The first kappa shape index (κ1) is 14.1. The number of pyridine rings is 1. The molecule has 104 valence electrons. The normalized spacial score (nSPS) is 10.4. The summed E-state index contributed by atoms with van der Waals surface area (Å²) in [4.78, 5) is 13.5. The molecule has 0 radical (unpaired) electrons. The minimum absolute atomic E-state index is 0.232. The highest BCUT2D eigenvalue weighted by Crippen LogP contribution is 2.27. The molecule has 20 heavy (non-hydrogen) atoms. The second-order valence-corrected chi connectivity index (χ2v) is 4.05. The second kappa shape index (κ2) is 5.33. The lowest BCUT2D eigenvalue weighted by Gasteiger charge is -2.08. The van der Waals surface area contributed by atoms with E-state index in [1.807, 2.05) is 0 Å². The van der Waals surface area contributed by atoms with Crippen molar-refractivity contribution in [3.63, 3.8) is 0 Å². The second-order valence-electron chi connectivity index (χ2n) is 3.66. The first-order valence-electron chi connectivity index (χ1n) is 5.10. The summed E-state index contributed by atoms with van der Waals surface area (Å²) < 4.78 is 39.6. The Kier molecular flexibility index (Phi) is 3.75. The van der Waals surface area contributed by atoms with Gasteiger partial charge in [0.05, 0.1) is 17.1 Å². The third-order valence-electron chi connectivity index (χ3n) is 2.25. The van der Waals surface area contributed by atoms with Crippen molar-refractivity contribution in [2.75, 3.05) is 5.32 Å². The van der Waals surface area contributed by atoms with Crippen LogP contribution in [0.4, 0.5) is 30.4 Å². The Labute approximate surface area is 115 Å². The molecule has 0 amide bonds. The van der Waals surface area contributed by atoms with Gasteiger partial charge in [-0.05, 0) is 0 Å². The molecular formula is C11H5ClF3N3O2. The van der Waals surface area contributed by atoms with Crippen LogP contribution in [0.3, 0.4) is 0 Å². The SMILES string of the molecule is O=[N+]([O-])c1cc(Cl)nc(Nc2c(F)cc(F)cc2F)c1. The monoisotopic (exact) mass is 303 g/mol. The maximum absolute atomic E-state index is 13.4. The number of nitrogens with one attached hydrogen (secondary N) is 1. The summed E-state index contributed by atoms with van der Waals surface area (Å²) in [6.07, 6.45) is 0. The first-order valence-corrected chi connectivity index (χ1v) is 5.48. The van der Waals surface area contributed by atoms with Gasteiger partial charge in [-0.15, -0.1) is 0 Å². The van der Waals surface area contributed by atoms with Gasteiger partial charge in [0.15, 0.2) is 11.6 Å². The summed E-state index contributed by atoms with van der Waals surface area (Å²) in [6, 6.07) is 2.84. The van der Waals surface area contributed by atoms with Crippen molar-refractivity contribution >= 4 is 28.8 Å². The lowest BCUT2D eigenvalue weighted by Crippen LogP contribution is -2.01. The molecule has 5 nitrogen and oxygen atoms in total. The van der Waals surface area contributed by atoms with Crippen molar-refractivity contribution in [3.8, 4) is 0 Å². The zero-order valence-corrected chi connectivity index (χ0v) is 10.3. The van der Waals surface area contributed by atoms with Gasteiger partial charge in [-0.2, -0.15) is 0 Å². The molecule has 1 heterocycles. The summed E-state index contributed by atoms with van der Waals surface area (Å²) in [5.41, 5.74) is -1.09. The molecular weight excluding hydrogens is 299 g/mol. The number of hydrogen-bond acceptors (Lipinski definition) is 4. The Morgan fingerprint density at radius 2 is 1.75 bits per heavy atom. The fraction of sp³-hybridized carbons (Fsp3) is 0. The lowest BCUT2D eigenvalue weighted by molar-refractivity contribution is -0.384. The predicted molar refractivity (Wildman–Crippen MR) is 65.5 cm³/mol. The van der Waals surface area contributed by atoms with E-state index >= 15 is 0 Å². The molecule has 9 heteroatoms. The lowest BCUT2D eigenvalue weighted by atomic mass is 10.2. The van der Waals surface area contributed by atoms with E-state index in [4.69, 9.17) is 11.6 Å². The van der Waals surface area contributed by atoms with Gasteiger partial charge in [0, 0.05) is 12.1 Å². The number of nitro groups is 1. The van der Waals surface area contributed by atoms with Gasteiger partial charge in [0.1, 0.15) is 22.5 Å². The Bertz CT molecular complexity index is 674. The standard InChI is InChI=1S/C11H5ClF3N3O2/c12-9-3-6(18(19)20)4-10(16-9)17-11-7(14)1-5(13)2-8(11)15/h1-4H,(H,16,17). The van der Waals surface area contributed by atoms with Crippen LogP contribution in [0.25, 0.3) is 0 Å². The highest BCUT2D eigenvalue weighted by Gasteiger charge is 2.15. The van der Waals surface area contributed by atoms with Crippen LogP contribution in [-0.2, 0) is 0 Å². The van der Waals surface area contributed by atoms with Crippen LogP contribution in [-0.4, -0.2) is 9.91 Å². The molecule has 0 unspecified atom stereocenters. The number of anilines is 2. The zero-order chi connectivity index (χ0) is 14.9.